The fourth-order valence-electron chi connectivity index (χ4n) is 3.97. The van der Waals surface area contributed by atoms with Crippen molar-refractivity contribution in [1.82, 2.24) is 14.9 Å². The quantitative estimate of drug-likeness (QED) is 0.587. The minimum Gasteiger partial charge on any atom is -0.403 e. The van der Waals surface area contributed by atoms with Gasteiger partial charge >= 0.3 is 0 Å². The summed E-state index contributed by atoms with van der Waals surface area (Å²) >= 11 is 0. The zero-order valence-corrected chi connectivity index (χ0v) is 17.0. The highest BCUT2D eigenvalue weighted by Crippen LogP contribution is 2.24. The number of carbonyl (C=O) groups is 1. The van der Waals surface area contributed by atoms with Gasteiger partial charge in [-0.15, -0.1) is 0 Å². The molecule has 0 fully saturated rings. The van der Waals surface area contributed by atoms with Crippen LogP contribution in [-0.4, -0.2) is 46.6 Å². The van der Waals surface area contributed by atoms with E-state index in [0.717, 1.165) is 24.1 Å². The SMILES string of the molecule is N/C=C(\N)CCOCC(=O)N1CCc2nc(NC3Cc4ccccc4C3)ncc2C1. The van der Waals surface area contributed by atoms with E-state index in [0.29, 0.717) is 50.2 Å². The summed E-state index contributed by atoms with van der Waals surface area (Å²) in [6, 6.07) is 8.86. The lowest BCUT2D eigenvalue weighted by Gasteiger charge is -2.28. The highest BCUT2D eigenvalue weighted by molar-refractivity contribution is 5.77. The van der Waals surface area contributed by atoms with Crippen LogP contribution < -0.4 is 16.8 Å². The third-order valence-electron chi connectivity index (χ3n) is 5.65. The molecule has 1 aliphatic carbocycles. The highest BCUT2D eigenvalue weighted by atomic mass is 16.5. The number of hydrogen-bond acceptors (Lipinski definition) is 7. The first kappa shape index (κ1) is 20.2. The molecule has 8 heteroatoms. The number of fused-ring (bicyclic) bond motifs is 2. The van der Waals surface area contributed by atoms with Crippen molar-refractivity contribution < 1.29 is 9.53 Å². The molecular formula is C22H28N6O2. The minimum atomic E-state index is -0.0399. The Balaban J connectivity index is 1.29. The molecule has 1 aromatic heterocycles. The van der Waals surface area contributed by atoms with Crippen LogP contribution in [0.4, 0.5) is 5.95 Å². The van der Waals surface area contributed by atoms with E-state index >= 15 is 0 Å². The number of anilines is 1. The van der Waals surface area contributed by atoms with Crippen LogP contribution in [-0.2, 0) is 35.3 Å². The van der Waals surface area contributed by atoms with E-state index in [1.807, 2.05) is 6.20 Å². The van der Waals surface area contributed by atoms with Crippen molar-refractivity contribution in [3.8, 4) is 0 Å². The summed E-state index contributed by atoms with van der Waals surface area (Å²) in [7, 11) is 0. The van der Waals surface area contributed by atoms with Gasteiger partial charge in [-0.2, -0.15) is 0 Å². The fourth-order valence-corrected chi connectivity index (χ4v) is 3.97. The van der Waals surface area contributed by atoms with Crippen LogP contribution in [0, 0.1) is 0 Å². The van der Waals surface area contributed by atoms with Crippen molar-refractivity contribution in [3.63, 3.8) is 0 Å². The first-order chi connectivity index (χ1) is 14.6. The Morgan fingerprint density at radius 2 is 2.03 bits per heavy atom. The number of aromatic nitrogens is 2. The Bertz CT molecular complexity index is 920. The van der Waals surface area contributed by atoms with Crippen molar-refractivity contribution in [1.29, 1.82) is 0 Å². The van der Waals surface area contributed by atoms with Crippen LogP contribution in [0.25, 0.3) is 0 Å². The molecule has 1 aromatic carbocycles. The first-order valence-electron chi connectivity index (χ1n) is 10.3. The average Bonchev–Trinajstić information content (AvgIpc) is 3.18. The summed E-state index contributed by atoms with van der Waals surface area (Å²) < 4.78 is 5.42. The van der Waals surface area contributed by atoms with Crippen molar-refractivity contribution in [2.45, 2.75) is 38.3 Å². The molecule has 0 atom stereocenters. The molecule has 158 valence electrons. The van der Waals surface area contributed by atoms with Gasteiger partial charge < -0.3 is 26.4 Å². The van der Waals surface area contributed by atoms with Gasteiger partial charge in [-0.25, -0.2) is 9.97 Å². The Hall–Kier alpha value is -3.13. The van der Waals surface area contributed by atoms with Crippen LogP contribution in [0.1, 0.15) is 28.8 Å². The maximum Gasteiger partial charge on any atom is 0.248 e. The third-order valence-corrected chi connectivity index (χ3v) is 5.65. The van der Waals surface area contributed by atoms with Crippen LogP contribution >= 0.6 is 0 Å². The van der Waals surface area contributed by atoms with E-state index < -0.39 is 0 Å². The van der Waals surface area contributed by atoms with Gasteiger partial charge in [0.15, 0.2) is 0 Å². The molecule has 0 radical (unpaired) electrons. The molecule has 0 saturated heterocycles. The predicted molar refractivity (Wildman–Crippen MR) is 114 cm³/mol. The number of nitrogens with one attached hydrogen (secondary N) is 1. The number of nitrogens with two attached hydrogens (primary N) is 2. The van der Waals surface area contributed by atoms with Gasteiger partial charge in [0.1, 0.15) is 6.61 Å². The number of rotatable bonds is 7. The van der Waals surface area contributed by atoms with Gasteiger partial charge in [0.2, 0.25) is 11.9 Å². The second-order valence-electron chi connectivity index (χ2n) is 7.79. The molecule has 5 N–H and O–H groups in total. The van der Waals surface area contributed by atoms with Gasteiger partial charge in [0, 0.05) is 55.6 Å². The average molecular weight is 409 g/mol. The third kappa shape index (κ3) is 4.71. The molecule has 8 nitrogen and oxygen atoms in total. The summed E-state index contributed by atoms with van der Waals surface area (Å²) in [6.45, 7) is 1.55. The number of nitrogens with zero attached hydrogens (tertiary/aromatic N) is 3. The highest BCUT2D eigenvalue weighted by Gasteiger charge is 2.24. The molecule has 2 aromatic rings. The minimum absolute atomic E-state index is 0.0376. The summed E-state index contributed by atoms with van der Waals surface area (Å²) in [5.41, 5.74) is 16.3. The van der Waals surface area contributed by atoms with Crippen LogP contribution in [0.5, 0.6) is 0 Å². The van der Waals surface area contributed by atoms with E-state index in [9.17, 15) is 4.79 Å². The van der Waals surface area contributed by atoms with Crippen molar-refractivity contribution in [2.75, 3.05) is 25.1 Å². The maximum atomic E-state index is 12.4. The van der Waals surface area contributed by atoms with Crippen LogP contribution in [0.3, 0.4) is 0 Å². The Kier molecular flexibility index (Phi) is 6.13. The summed E-state index contributed by atoms with van der Waals surface area (Å²) in [6.07, 6.45) is 6.40. The van der Waals surface area contributed by atoms with Gasteiger partial charge in [0.05, 0.1) is 12.3 Å². The fraction of sp³-hybridized carbons (Fsp3) is 0.409. The molecule has 2 aliphatic rings. The standard InChI is InChI=1S/C22H28N6O2/c23-11-18(24)6-8-30-14-21(29)28-7-5-20-17(13-28)12-25-22(27-20)26-19-9-15-3-1-2-4-16(15)10-19/h1-4,11-12,19H,5-10,13-14,23-24H2,(H,25,26,27)/b18-11-. The molecule has 1 aliphatic heterocycles. The van der Waals surface area contributed by atoms with E-state index in [-0.39, 0.29) is 12.5 Å². The molecule has 4 rings (SSSR count). The summed E-state index contributed by atoms with van der Waals surface area (Å²) in [5.74, 6) is 0.627. The number of carbonyl (C=O) groups excluding carboxylic acids is 1. The Labute approximate surface area is 176 Å². The van der Waals surface area contributed by atoms with Crippen molar-refractivity contribution >= 4 is 11.9 Å². The van der Waals surface area contributed by atoms with Gasteiger partial charge in [0.25, 0.3) is 0 Å². The number of benzene rings is 1. The summed E-state index contributed by atoms with van der Waals surface area (Å²) in [5, 5.41) is 3.47. The monoisotopic (exact) mass is 408 g/mol. The normalized spacial score (nSPS) is 16.3. The zero-order valence-electron chi connectivity index (χ0n) is 17.0. The number of amides is 1. The molecule has 2 heterocycles. The van der Waals surface area contributed by atoms with Gasteiger partial charge in [-0.05, 0) is 24.0 Å². The van der Waals surface area contributed by atoms with E-state index in [1.54, 1.807) is 4.90 Å². The zero-order chi connectivity index (χ0) is 20.9. The molecule has 0 unspecified atom stereocenters. The lowest BCUT2D eigenvalue weighted by Crippen LogP contribution is -2.38. The molecule has 0 spiro atoms. The Morgan fingerprint density at radius 1 is 1.27 bits per heavy atom. The van der Waals surface area contributed by atoms with Gasteiger partial charge in [-0.1, -0.05) is 24.3 Å². The lowest BCUT2D eigenvalue weighted by molar-refractivity contribution is -0.137. The van der Waals surface area contributed by atoms with E-state index in [2.05, 4.69) is 34.6 Å². The van der Waals surface area contributed by atoms with E-state index in [4.69, 9.17) is 21.2 Å². The van der Waals surface area contributed by atoms with Crippen molar-refractivity contribution in [2.24, 2.45) is 11.5 Å². The predicted octanol–water partition coefficient (Wildman–Crippen LogP) is 1.11. The smallest absolute Gasteiger partial charge is 0.248 e. The molecule has 0 bridgehead atoms. The van der Waals surface area contributed by atoms with Crippen LogP contribution in [0.2, 0.25) is 0 Å². The maximum absolute atomic E-state index is 12.4. The summed E-state index contributed by atoms with van der Waals surface area (Å²) in [4.78, 5) is 23.4. The van der Waals surface area contributed by atoms with Crippen molar-refractivity contribution in [3.05, 3.63) is 64.7 Å². The molecule has 30 heavy (non-hydrogen) atoms. The second kappa shape index (κ2) is 9.13. The number of ether oxygens (including phenoxy) is 1. The first-order valence-corrected chi connectivity index (χ1v) is 10.3. The Morgan fingerprint density at radius 3 is 2.77 bits per heavy atom. The number of hydrogen-bond donors (Lipinski definition) is 3. The lowest BCUT2D eigenvalue weighted by atomic mass is 10.1. The molecule has 1 amide bonds. The topological polar surface area (TPSA) is 119 Å². The van der Waals surface area contributed by atoms with E-state index in [1.165, 1.54) is 17.3 Å². The molecule has 0 saturated carbocycles. The largest absolute Gasteiger partial charge is 0.403 e. The second-order valence-corrected chi connectivity index (χ2v) is 7.79. The van der Waals surface area contributed by atoms with Gasteiger partial charge in [-0.3, -0.25) is 4.79 Å². The van der Waals surface area contributed by atoms with Crippen LogP contribution in [0.15, 0.2) is 42.4 Å². The molecular weight excluding hydrogens is 380 g/mol.